The highest BCUT2D eigenvalue weighted by molar-refractivity contribution is 7.92. The number of carbonyl (C=O) groups is 2. The molecule has 0 spiro atoms. The van der Waals surface area contributed by atoms with Crippen LogP contribution in [0.25, 0.3) is 0 Å². The number of sulfone groups is 1. The maximum Gasteiger partial charge on any atom is 0.226 e. The molecule has 1 aliphatic heterocycles. The highest BCUT2D eigenvalue weighted by Gasteiger charge is 2.37. The van der Waals surface area contributed by atoms with Gasteiger partial charge in [-0.1, -0.05) is 0 Å². The van der Waals surface area contributed by atoms with E-state index in [9.17, 15) is 18.0 Å². The van der Waals surface area contributed by atoms with E-state index in [1.54, 1.807) is 0 Å². The lowest BCUT2D eigenvalue weighted by atomic mass is 9.84. The second-order valence-electron chi connectivity index (χ2n) is 11.2. The zero-order valence-corrected chi connectivity index (χ0v) is 21.7. The summed E-state index contributed by atoms with van der Waals surface area (Å²) >= 11 is 0. The van der Waals surface area contributed by atoms with Gasteiger partial charge in [0.25, 0.3) is 0 Å². The van der Waals surface area contributed by atoms with E-state index in [1.165, 1.54) is 0 Å². The van der Waals surface area contributed by atoms with Crippen molar-refractivity contribution in [2.45, 2.75) is 114 Å². The Balaban J connectivity index is 1.15. The SMILES string of the molecule is CCN(C(=O)C1CCC(NC(=O)CC2CCC(S(=O)(=O)CC3CC3)CC2)CC1)C1CC(C)ON1. The molecule has 0 aromatic carbocycles. The van der Waals surface area contributed by atoms with Crippen molar-refractivity contribution < 1.29 is 22.8 Å². The van der Waals surface area contributed by atoms with Crippen LogP contribution in [-0.4, -0.2) is 61.0 Å². The first-order chi connectivity index (χ1) is 16.2. The molecule has 3 aliphatic carbocycles. The molecule has 8 nitrogen and oxygen atoms in total. The van der Waals surface area contributed by atoms with Gasteiger partial charge in [-0.05, 0) is 89.9 Å². The van der Waals surface area contributed by atoms with Crippen molar-refractivity contribution in [1.29, 1.82) is 0 Å². The minimum absolute atomic E-state index is 0.0127. The van der Waals surface area contributed by atoms with Crippen molar-refractivity contribution >= 4 is 21.7 Å². The van der Waals surface area contributed by atoms with Crippen LogP contribution in [0, 0.1) is 17.8 Å². The minimum Gasteiger partial charge on any atom is -0.353 e. The summed E-state index contributed by atoms with van der Waals surface area (Å²) in [5.74, 6) is 1.34. The normalized spacial score (nSPS) is 34.5. The van der Waals surface area contributed by atoms with Gasteiger partial charge in [-0.3, -0.25) is 14.4 Å². The molecule has 1 saturated heterocycles. The van der Waals surface area contributed by atoms with Crippen molar-refractivity contribution in [3.63, 3.8) is 0 Å². The second-order valence-corrected chi connectivity index (χ2v) is 13.5. The number of nitrogens with zero attached hydrogens (tertiary/aromatic N) is 1. The van der Waals surface area contributed by atoms with Gasteiger partial charge in [0.1, 0.15) is 6.17 Å². The molecule has 34 heavy (non-hydrogen) atoms. The molecule has 4 aliphatic rings. The van der Waals surface area contributed by atoms with E-state index in [0.29, 0.717) is 37.5 Å². The third-order valence-electron chi connectivity index (χ3n) is 8.34. The molecule has 9 heteroatoms. The minimum atomic E-state index is -2.97. The van der Waals surface area contributed by atoms with E-state index in [-0.39, 0.29) is 47.2 Å². The predicted octanol–water partition coefficient (Wildman–Crippen LogP) is 2.92. The molecule has 2 atom stereocenters. The van der Waals surface area contributed by atoms with Crippen molar-refractivity contribution in [3.8, 4) is 0 Å². The molecule has 0 radical (unpaired) electrons. The number of rotatable bonds is 9. The summed E-state index contributed by atoms with van der Waals surface area (Å²) in [6.45, 7) is 4.67. The van der Waals surface area contributed by atoms with Gasteiger partial charge in [0.15, 0.2) is 9.84 Å². The summed E-state index contributed by atoms with van der Waals surface area (Å²) in [5, 5.41) is 2.99. The van der Waals surface area contributed by atoms with Gasteiger partial charge in [0, 0.05) is 31.3 Å². The van der Waals surface area contributed by atoms with Gasteiger partial charge in [-0.2, -0.15) is 5.48 Å². The lowest BCUT2D eigenvalue weighted by Gasteiger charge is -2.34. The average molecular weight is 498 g/mol. The molecule has 1 heterocycles. The smallest absolute Gasteiger partial charge is 0.226 e. The first-order valence-electron chi connectivity index (χ1n) is 13.5. The Morgan fingerprint density at radius 3 is 2.18 bits per heavy atom. The maximum absolute atomic E-state index is 13.1. The molecule has 0 aromatic heterocycles. The third-order valence-corrected chi connectivity index (χ3v) is 10.8. The number of amides is 2. The van der Waals surface area contributed by atoms with Crippen LogP contribution in [0.3, 0.4) is 0 Å². The average Bonchev–Trinajstić information content (AvgIpc) is 3.51. The molecule has 3 saturated carbocycles. The second kappa shape index (κ2) is 11.2. The molecule has 0 aromatic rings. The van der Waals surface area contributed by atoms with Gasteiger partial charge in [-0.25, -0.2) is 8.42 Å². The number of nitrogens with one attached hydrogen (secondary N) is 2. The van der Waals surface area contributed by atoms with E-state index in [1.807, 2.05) is 18.7 Å². The van der Waals surface area contributed by atoms with Crippen LogP contribution < -0.4 is 10.8 Å². The fourth-order valence-electron chi connectivity index (χ4n) is 6.04. The zero-order valence-electron chi connectivity index (χ0n) is 20.8. The number of hydroxylamine groups is 1. The number of hydrogen-bond acceptors (Lipinski definition) is 6. The fraction of sp³-hybridized carbons (Fsp3) is 0.920. The molecular formula is C25H43N3O5S. The van der Waals surface area contributed by atoms with Crippen molar-refractivity contribution in [3.05, 3.63) is 0 Å². The molecular weight excluding hydrogens is 454 g/mol. The summed E-state index contributed by atoms with van der Waals surface area (Å²) in [7, 11) is -2.97. The lowest BCUT2D eigenvalue weighted by molar-refractivity contribution is -0.140. The molecule has 4 rings (SSSR count). The molecule has 2 unspecified atom stereocenters. The number of carbonyl (C=O) groups excluding carboxylic acids is 2. The highest BCUT2D eigenvalue weighted by atomic mass is 32.2. The summed E-state index contributed by atoms with van der Waals surface area (Å²) in [4.78, 5) is 33.1. The van der Waals surface area contributed by atoms with Gasteiger partial charge >= 0.3 is 0 Å². The Labute approximate surface area is 204 Å². The van der Waals surface area contributed by atoms with Crippen LogP contribution in [0.15, 0.2) is 0 Å². The van der Waals surface area contributed by atoms with E-state index in [2.05, 4.69) is 10.8 Å². The Morgan fingerprint density at radius 1 is 0.971 bits per heavy atom. The maximum atomic E-state index is 13.1. The van der Waals surface area contributed by atoms with E-state index in [4.69, 9.17) is 4.84 Å². The Hall–Kier alpha value is -1.19. The summed E-state index contributed by atoms with van der Waals surface area (Å²) in [6, 6.07) is 0.134. The van der Waals surface area contributed by atoms with Crippen LogP contribution in [0.5, 0.6) is 0 Å². The molecule has 194 valence electrons. The summed E-state index contributed by atoms with van der Waals surface area (Å²) in [5.41, 5.74) is 2.99. The van der Waals surface area contributed by atoms with Crippen molar-refractivity contribution in [2.24, 2.45) is 17.8 Å². The van der Waals surface area contributed by atoms with Crippen molar-refractivity contribution in [1.82, 2.24) is 15.7 Å². The van der Waals surface area contributed by atoms with Gasteiger partial charge < -0.3 is 10.2 Å². The van der Waals surface area contributed by atoms with Crippen LogP contribution >= 0.6 is 0 Å². The number of hydrogen-bond donors (Lipinski definition) is 2. The quantitative estimate of drug-likeness (QED) is 0.508. The molecule has 4 fully saturated rings. The predicted molar refractivity (Wildman–Crippen MR) is 130 cm³/mol. The molecule has 0 bridgehead atoms. The van der Waals surface area contributed by atoms with E-state index < -0.39 is 9.84 Å². The van der Waals surface area contributed by atoms with Gasteiger partial charge in [0.05, 0.1) is 17.1 Å². The molecule has 2 N–H and O–H groups in total. The summed E-state index contributed by atoms with van der Waals surface area (Å²) < 4.78 is 25.1. The zero-order chi connectivity index (χ0) is 24.3. The Kier molecular flexibility index (Phi) is 8.57. The van der Waals surface area contributed by atoms with Crippen LogP contribution in [0.4, 0.5) is 0 Å². The summed E-state index contributed by atoms with van der Waals surface area (Å²) in [6.07, 6.45) is 9.80. The highest BCUT2D eigenvalue weighted by Crippen LogP contribution is 2.36. The Morgan fingerprint density at radius 2 is 1.62 bits per heavy atom. The third kappa shape index (κ3) is 6.72. The first-order valence-corrected chi connectivity index (χ1v) is 15.2. The van der Waals surface area contributed by atoms with Gasteiger partial charge in [0.2, 0.25) is 11.8 Å². The topological polar surface area (TPSA) is 105 Å². The monoisotopic (exact) mass is 497 g/mol. The first kappa shape index (κ1) is 25.9. The largest absolute Gasteiger partial charge is 0.353 e. The van der Waals surface area contributed by atoms with Crippen molar-refractivity contribution in [2.75, 3.05) is 12.3 Å². The van der Waals surface area contributed by atoms with Gasteiger partial charge in [-0.15, -0.1) is 0 Å². The van der Waals surface area contributed by atoms with E-state index in [0.717, 1.165) is 57.8 Å². The standard InChI is InChI=1S/C25H43N3O5S/c1-3-28(23-14-17(2)33-27-23)25(30)20-8-10-21(11-9-20)26-24(29)15-18-6-12-22(13-7-18)34(31,32)16-19-4-5-19/h17-23,27H,3-16H2,1-2H3,(H,26,29). The van der Waals surface area contributed by atoms with E-state index >= 15 is 0 Å². The van der Waals surface area contributed by atoms with Crippen LogP contribution in [0.2, 0.25) is 0 Å². The van der Waals surface area contributed by atoms with Crippen LogP contribution in [0.1, 0.15) is 90.9 Å². The lowest BCUT2D eigenvalue weighted by Crippen LogP contribution is -2.49. The van der Waals surface area contributed by atoms with Crippen LogP contribution in [-0.2, 0) is 24.3 Å². The fourth-order valence-corrected chi connectivity index (χ4v) is 8.29. The Bertz CT molecular complexity index is 814. The molecule has 2 amide bonds.